The number of thioether (sulfide) groups is 1. The van der Waals surface area contributed by atoms with E-state index >= 15 is 8.78 Å². The van der Waals surface area contributed by atoms with Crippen molar-refractivity contribution in [3.05, 3.63) is 123 Å². The van der Waals surface area contributed by atoms with Crippen LogP contribution in [0.4, 0.5) is 8.78 Å². The Kier molecular flexibility index (Phi) is 13.4. The third kappa shape index (κ3) is 9.40. The zero-order chi connectivity index (χ0) is 34.1. The van der Waals surface area contributed by atoms with Gasteiger partial charge in [-0.3, -0.25) is 9.13 Å². The van der Waals surface area contributed by atoms with Crippen LogP contribution in [0.3, 0.4) is 0 Å². The van der Waals surface area contributed by atoms with Gasteiger partial charge >= 0.3 is 20.9 Å². The van der Waals surface area contributed by atoms with Crippen LogP contribution in [0.25, 0.3) is 23.3 Å². The highest BCUT2D eigenvalue weighted by Crippen LogP contribution is 2.67. The van der Waals surface area contributed by atoms with E-state index in [2.05, 4.69) is 15.9 Å². The smallest absolute Gasteiger partial charge is 0.321 e. The molecule has 0 saturated heterocycles. The molecule has 1 unspecified atom stereocenters. The molecule has 0 bridgehead atoms. The van der Waals surface area contributed by atoms with Crippen molar-refractivity contribution < 1.29 is 36.4 Å². The van der Waals surface area contributed by atoms with Gasteiger partial charge in [-0.25, -0.2) is 0 Å². The molecular formula is C35H37BrF2O6P2S. The Balaban J connectivity index is 1.45. The normalized spacial score (nSPS) is 13.6. The van der Waals surface area contributed by atoms with Crippen LogP contribution in [-0.4, -0.2) is 24.7 Å². The Hall–Kier alpha value is -2.39. The van der Waals surface area contributed by atoms with E-state index in [1.165, 1.54) is 19.9 Å². The summed E-state index contributed by atoms with van der Waals surface area (Å²) in [5.41, 5.74) is 0.843. The summed E-state index contributed by atoms with van der Waals surface area (Å²) in [7, 11) is -8.77. The molecule has 0 aromatic heterocycles. The van der Waals surface area contributed by atoms with Crippen molar-refractivity contribution >= 4 is 60.3 Å². The third-order valence-corrected chi connectivity index (χ3v) is 12.5. The summed E-state index contributed by atoms with van der Waals surface area (Å²) in [6, 6.07) is 27.5. The van der Waals surface area contributed by atoms with Gasteiger partial charge < -0.3 is 18.5 Å². The summed E-state index contributed by atoms with van der Waals surface area (Å²) in [6.45, 7) is 4.43. The second kappa shape index (κ2) is 16.8. The van der Waals surface area contributed by atoms with Gasteiger partial charge in [0, 0.05) is 21.5 Å². The first-order chi connectivity index (χ1) is 22.4. The Morgan fingerprint density at radius 2 is 1.36 bits per heavy atom. The molecule has 4 aromatic rings. The lowest BCUT2D eigenvalue weighted by Gasteiger charge is -2.26. The highest BCUT2D eigenvalue weighted by atomic mass is 79.9. The van der Waals surface area contributed by atoms with Crippen molar-refractivity contribution in [3.8, 4) is 11.1 Å². The van der Waals surface area contributed by atoms with E-state index in [1.54, 1.807) is 36.9 Å². The van der Waals surface area contributed by atoms with Crippen LogP contribution in [-0.2, 0) is 39.9 Å². The quantitative estimate of drug-likeness (QED) is 0.0898. The molecule has 0 aliphatic rings. The number of benzene rings is 4. The topological polar surface area (TPSA) is 82.1 Å². The predicted molar refractivity (Wildman–Crippen MR) is 192 cm³/mol. The largest absolute Gasteiger partial charge is 0.404 e. The molecular weight excluding hydrogens is 728 g/mol. The lowest BCUT2D eigenvalue weighted by molar-refractivity contribution is 0.0354. The van der Waals surface area contributed by atoms with Crippen molar-refractivity contribution in [2.24, 2.45) is 0 Å². The van der Waals surface area contributed by atoms with E-state index in [4.69, 9.17) is 13.6 Å². The van der Waals surface area contributed by atoms with Gasteiger partial charge in [-0.2, -0.15) is 20.5 Å². The predicted octanol–water partition coefficient (Wildman–Crippen LogP) is 10.9. The molecule has 0 spiro atoms. The Bertz CT molecular complexity index is 1760. The minimum Gasteiger partial charge on any atom is -0.321 e. The Labute approximate surface area is 287 Å². The number of halogens is 3. The molecule has 4 rings (SSSR count). The van der Waals surface area contributed by atoms with Gasteiger partial charge in [-0.1, -0.05) is 107 Å². The lowest BCUT2D eigenvalue weighted by Crippen LogP contribution is -2.19. The van der Waals surface area contributed by atoms with Crippen LogP contribution < -0.4 is 5.30 Å². The summed E-state index contributed by atoms with van der Waals surface area (Å²) in [4.78, 5) is 10.8. The van der Waals surface area contributed by atoms with Crippen LogP contribution >= 0.6 is 42.9 Å². The maximum absolute atomic E-state index is 15.2. The summed E-state index contributed by atoms with van der Waals surface area (Å²) >= 11 is 4.84. The zero-order valence-electron chi connectivity index (χ0n) is 26.3. The van der Waals surface area contributed by atoms with E-state index in [1.807, 2.05) is 78.9 Å². The number of hydrogen-bond donors (Lipinski definition) is 1. The molecule has 1 atom stereocenters. The van der Waals surface area contributed by atoms with E-state index in [-0.39, 0.29) is 29.6 Å². The van der Waals surface area contributed by atoms with E-state index in [0.717, 1.165) is 27.8 Å². The van der Waals surface area contributed by atoms with Gasteiger partial charge in [0.2, 0.25) is 0 Å². The minimum absolute atomic E-state index is 0.101. The summed E-state index contributed by atoms with van der Waals surface area (Å²) in [5, 5.41) is 0.234. The second-order valence-corrected chi connectivity index (χ2v) is 16.0. The molecule has 47 heavy (non-hydrogen) atoms. The summed E-state index contributed by atoms with van der Waals surface area (Å²) in [6.07, 6.45) is 3.71. The van der Waals surface area contributed by atoms with Gasteiger partial charge in [0.15, 0.2) is 0 Å². The van der Waals surface area contributed by atoms with Crippen LogP contribution in [0.5, 0.6) is 0 Å². The second-order valence-electron chi connectivity index (χ2n) is 10.3. The van der Waals surface area contributed by atoms with Gasteiger partial charge in [0.25, 0.3) is 0 Å². The SMILES string of the molecule is CCOP(=O)(O)c1cc(-c2ccc(CSCc3ccc(C(F)(F)P(=O)(OCC)OCC)c(Br)c3)cc2)ccc1C=Cc1ccccc1. The van der Waals surface area contributed by atoms with Crippen molar-refractivity contribution in [2.75, 3.05) is 19.8 Å². The fourth-order valence-electron chi connectivity index (χ4n) is 4.76. The molecule has 0 aliphatic heterocycles. The summed E-state index contributed by atoms with van der Waals surface area (Å²) < 4.78 is 71.7. The molecule has 0 amide bonds. The molecule has 12 heteroatoms. The maximum Gasteiger partial charge on any atom is 0.404 e. The molecule has 0 heterocycles. The van der Waals surface area contributed by atoms with Gasteiger partial charge in [0.05, 0.1) is 25.1 Å². The highest BCUT2D eigenvalue weighted by Gasteiger charge is 2.55. The molecule has 0 fully saturated rings. The van der Waals surface area contributed by atoms with Crippen molar-refractivity contribution in [2.45, 2.75) is 37.9 Å². The summed E-state index contributed by atoms with van der Waals surface area (Å²) in [5.74, 6) is 1.23. The van der Waals surface area contributed by atoms with E-state index in [9.17, 15) is 14.0 Å². The van der Waals surface area contributed by atoms with Gasteiger partial charge in [-0.05, 0) is 66.3 Å². The van der Waals surface area contributed by atoms with Crippen molar-refractivity contribution in [1.29, 1.82) is 0 Å². The van der Waals surface area contributed by atoms with Gasteiger partial charge in [-0.15, -0.1) is 0 Å². The molecule has 1 N–H and O–H groups in total. The maximum atomic E-state index is 15.2. The Morgan fingerprint density at radius 1 is 0.766 bits per heavy atom. The Morgan fingerprint density at radius 3 is 1.98 bits per heavy atom. The van der Waals surface area contributed by atoms with Crippen LogP contribution in [0.1, 0.15) is 48.6 Å². The molecule has 250 valence electrons. The molecule has 0 aliphatic carbocycles. The minimum atomic E-state index is -4.71. The van der Waals surface area contributed by atoms with Gasteiger partial charge in [0.1, 0.15) is 0 Å². The first kappa shape index (κ1) is 37.4. The number of alkyl halides is 2. The molecule has 0 radical (unpaired) electrons. The fourth-order valence-corrected chi connectivity index (χ4v) is 9.37. The first-order valence-corrected chi connectivity index (χ1v) is 20.1. The standard InChI is InChI=1S/C35H37BrF2O6P2S/c1-4-42-45(39,40)34-23-31(20-19-30(34)18-12-26-10-8-7-9-11-26)29-16-13-27(14-17-29)24-47-25-28-15-21-32(33(36)22-28)35(37,38)46(41,43-5-2)44-6-3/h7-23H,4-6,24-25H2,1-3H3,(H,39,40). The van der Waals surface area contributed by atoms with Crippen molar-refractivity contribution in [1.82, 2.24) is 0 Å². The molecule has 6 nitrogen and oxygen atoms in total. The van der Waals surface area contributed by atoms with Crippen molar-refractivity contribution in [3.63, 3.8) is 0 Å². The third-order valence-electron chi connectivity index (χ3n) is 7.02. The zero-order valence-corrected chi connectivity index (χ0v) is 30.5. The van der Waals surface area contributed by atoms with E-state index < -0.39 is 26.4 Å². The number of rotatable bonds is 16. The first-order valence-electron chi connectivity index (χ1n) is 15.0. The molecule has 0 saturated carbocycles. The molecule has 4 aromatic carbocycles. The van der Waals surface area contributed by atoms with Crippen LogP contribution in [0.2, 0.25) is 0 Å². The number of hydrogen-bond acceptors (Lipinski definition) is 6. The van der Waals surface area contributed by atoms with Crippen LogP contribution in [0.15, 0.2) is 95.5 Å². The van der Waals surface area contributed by atoms with E-state index in [0.29, 0.717) is 17.1 Å². The average molecular weight is 766 g/mol. The van der Waals surface area contributed by atoms with Crippen LogP contribution in [0, 0.1) is 0 Å². The fraction of sp³-hybridized carbons (Fsp3) is 0.257. The highest BCUT2D eigenvalue weighted by molar-refractivity contribution is 9.10. The lowest BCUT2D eigenvalue weighted by atomic mass is 10.0. The monoisotopic (exact) mass is 764 g/mol. The average Bonchev–Trinajstić information content (AvgIpc) is 3.04.